The van der Waals surface area contributed by atoms with E-state index < -0.39 is 0 Å². The molecule has 0 bridgehead atoms. The van der Waals surface area contributed by atoms with Gasteiger partial charge in [-0.25, -0.2) is 0 Å². The molecule has 3 aromatic rings. The molecular formula is C48H58N6O7S2. The Morgan fingerprint density at radius 3 is 1.78 bits per heavy atom. The van der Waals surface area contributed by atoms with Crippen LogP contribution in [0, 0.1) is 0 Å². The number of methoxy groups -OCH3 is 2. The topological polar surface area (TPSA) is 135 Å². The Labute approximate surface area is 378 Å². The fourth-order valence-electron chi connectivity index (χ4n) is 8.36. The lowest BCUT2D eigenvalue weighted by Crippen LogP contribution is -2.35. The quantitative estimate of drug-likeness (QED) is 0.0955. The van der Waals surface area contributed by atoms with E-state index in [1.807, 2.05) is 60.2 Å². The van der Waals surface area contributed by atoms with E-state index in [0.717, 1.165) is 31.2 Å². The number of fused-ring (bicyclic) bond motifs is 4. The van der Waals surface area contributed by atoms with E-state index in [0.29, 0.717) is 89.4 Å². The van der Waals surface area contributed by atoms with E-state index >= 15 is 0 Å². The van der Waals surface area contributed by atoms with E-state index in [4.69, 9.17) is 33.9 Å². The highest BCUT2D eigenvalue weighted by molar-refractivity contribution is 8.76. The Bertz CT molecular complexity index is 2220. The number of aromatic nitrogens is 1. The molecule has 0 saturated carbocycles. The lowest BCUT2D eigenvalue weighted by atomic mass is 10.1. The zero-order valence-corrected chi connectivity index (χ0v) is 39.2. The number of nitrogens with zero attached hydrogens (tertiary/aromatic N) is 6. The summed E-state index contributed by atoms with van der Waals surface area (Å²) in [4.78, 5) is 60.4. The number of carbonyl (C=O) groups is 3. The van der Waals surface area contributed by atoms with E-state index in [1.165, 1.54) is 11.1 Å². The lowest BCUT2D eigenvalue weighted by Gasteiger charge is -2.24. The summed E-state index contributed by atoms with van der Waals surface area (Å²) in [6.07, 6.45) is 14.1. The molecule has 4 aliphatic heterocycles. The number of hydrogen-bond donors (Lipinski definition) is 0. The highest BCUT2D eigenvalue weighted by atomic mass is 33.1. The zero-order chi connectivity index (χ0) is 44.8. The third kappa shape index (κ3) is 10.6. The van der Waals surface area contributed by atoms with Crippen LogP contribution in [0.5, 0.6) is 23.0 Å². The number of allylic oxidation sites excluding steroid dienone is 2. The third-order valence-corrected chi connectivity index (χ3v) is 14.7. The minimum Gasteiger partial charge on any atom is -0.493 e. The molecule has 63 heavy (non-hydrogen) atoms. The van der Waals surface area contributed by atoms with E-state index in [-0.39, 0.29) is 47.8 Å². The Balaban J connectivity index is 1.10. The summed E-state index contributed by atoms with van der Waals surface area (Å²) in [5, 5.41) is 0. The van der Waals surface area contributed by atoms with Crippen molar-refractivity contribution >= 4 is 63.1 Å². The summed E-state index contributed by atoms with van der Waals surface area (Å²) < 4.78 is 24.3. The number of aryl methyl sites for hydroxylation is 1. The molecule has 1 aromatic heterocycles. The first-order chi connectivity index (χ1) is 30.3. The van der Waals surface area contributed by atoms with Crippen LogP contribution in [0.15, 0.2) is 69.7 Å². The van der Waals surface area contributed by atoms with Crippen molar-refractivity contribution in [1.82, 2.24) is 19.7 Å². The molecule has 0 aliphatic carbocycles. The Morgan fingerprint density at radius 1 is 0.810 bits per heavy atom. The second-order valence-corrected chi connectivity index (χ2v) is 20.0. The Kier molecular flexibility index (Phi) is 14.6. The van der Waals surface area contributed by atoms with Gasteiger partial charge in [0.2, 0.25) is 5.91 Å². The van der Waals surface area contributed by atoms with Crippen molar-refractivity contribution in [2.45, 2.75) is 96.3 Å². The van der Waals surface area contributed by atoms with Gasteiger partial charge in [0, 0.05) is 62.4 Å². The predicted octanol–water partition coefficient (Wildman–Crippen LogP) is 8.97. The van der Waals surface area contributed by atoms with Crippen molar-refractivity contribution < 1.29 is 33.3 Å². The molecule has 7 rings (SSSR count). The molecule has 334 valence electrons. The molecule has 0 radical (unpaired) electrons. The molecule has 5 heterocycles. The minimum atomic E-state index is -0.0985. The van der Waals surface area contributed by atoms with Gasteiger partial charge in [0.15, 0.2) is 23.0 Å². The second kappa shape index (κ2) is 20.0. The van der Waals surface area contributed by atoms with Crippen LogP contribution in [-0.4, -0.2) is 114 Å². The molecule has 0 N–H and O–H groups in total. The number of aliphatic imine (C=N–C) groups is 2. The maximum Gasteiger partial charge on any atom is 0.257 e. The van der Waals surface area contributed by atoms with Gasteiger partial charge in [-0.15, -0.1) is 0 Å². The van der Waals surface area contributed by atoms with Crippen LogP contribution in [0.4, 0.5) is 11.4 Å². The monoisotopic (exact) mass is 894 g/mol. The predicted molar refractivity (Wildman–Crippen MR) is 252 cm³/mol. The summed E-state index contributed by atoms with van der Waals surface area (Å²) in [7, 11) is 8.49. The molecule has 2 atom stereocenters. The lowest BCUT2D eigenvalue weighted by molar-refractivity contribution is -0.130. The average molecular weight is 895 g/mol. The van der Waals surface area contributed by atoms with Crippen LogP contribution in [0.3, 0.4) is 0 Å². The van der Waals surface area contributed by atoms with Crippen molar-refractivity contribution in [3.8, 4) is 23.0 Å². The third-order valence-electron chi connectivity index (χ3n) is 12.0. The first-order valence-electron chi connectivity index (χ1n) is 21.5. The summed E-state index contributed by atoms with van der Waals surface area (Å²) in [5.74, 6) is 1.67. The van der Waals surface area contributed by atoms with Crippen molar-refractivity contribution in [2.75, 3.05) is 47.2 Å². The van der Waals surface area contributed by atoms with Gasteiger partial charge in [0.05, 0.1) is 60.2 Å². The average Bonchev–Trinajstić information content (AvgIpc) is 3.85. The number of rotatable bonds is 17. The Hall–Kier alpha value is -5.28. The van der Waals surface area contributed by atoms with Crippen LogP contribution in [0.1, 0.15) is 97.5 Å². The van der Waals surface area contributed by atoms with Crippen molar-refractivity contribution in [2.24, 2.45) is 9.98 Å². The van der Waals surface area contributed by atoms with Gasteiger partial charge < -0.3 is 33.6 Å². The standard InChI is InChI=1S/C48H58N6O7S2/c1-9-30-18-35-24-49-39-22-43(41(58-6)20-37(39)46(56)53(35)26-30)60-28-33-16-32(12-11-15-52(5)45(55)13-14-48(3,4)63-62-8)17-34(51-33)29-61-44-23-40-38(21-42(44)59-7)47(57)54-27-31(10-2)19-36(54)25-50-40/h9-10,16-17,20-25,35-36H,11-15,18-19,26-29H2,1-8H3/b30-9-,31-10+/t35-,36-/m0/s1. The van der Waals surface area contributed by atoms with Crippen LogP contribution in [0.25, 0.3) is 0 Å². The second-order valence-electron chi connectivity index (χ2n) is 16.9. The first-order valence-corrected chi connectivity index (χ1v) is 24.0. The van der Waals surface area contributed by atoms with Crippen LogP contribution < -0.4 is 18.9 Å². The van der Waals surface area contributed by atoms with Gasteiger partial charge in [-0.1, -0.05) is 44.9 Å². The van der Waals surface area contributed by atoms with Crippen molar-refractivity contribution in [3.63, 3.8) is 0 Å². The van der Waals surface area contributed by atoms with E-state index in [1.54, 1.807) is 60.1 Å². The molecule has 2 saturated heterocycles. The zero-order valence-electron chi connectivity index (χ0n) is 37.6. The maximum atomic E-state index is 13.7. The molecule has 15 heteroatoms. The van der Waals surface area contributed by atoms with Gasteiger partial charge in [0.1, 0.15) is 13.2 Å². The normalized spacial score (nSPS) is 19.1. The van der Waals surface area contributed by atoms with Gasteiger partial charge in [-0.3, -0.25) is 29.4 Å². The van der Waals surface area contributed by atoms with E-state index in [9.17, 15) is 14.4 Å². The highest BCUT2D eigenvalue weighted by Gasteiger charge is 2.36. The first kappa shape index (κ1) is 45.7. The number of hydrogen-bond acceptors (Lipinski definition) is 12. The van der Waals surface area contributed by atoms with Crippen molar-refractivity contribution in [1.29, 1.82) is 0 Å². The summed E-state index contributed by atoms with van der Waals surface area (Å²) in [6, 6.07) is 10.7. The molecule has 2 fully saturated rings. The fraction of sp³-hybridized carbons (Fsp3) is 0.458. The van der Waals surface area contributed by atoms with Gasteiger partial charge in [0.25, 0.3) is 11.8 Å². The minimum absolute atomic E-state index is 0.0196. The molecule has 0 spiro atoms. The smallest absolute Gasteiger partial charge is 0.257 e. The Morgan fingerprint density at radius 2 is 1.32 bits per heavy atom. The van der Waals surface area contributed by atoms with Crippen LogP contribution in [-0.2, 0) is 24.4 Å². The number of carbonyl (C=O) groups excluding carboxylic acids is 3. The molecular weight excluding hydrogens is 837 g/mol. The SMILES string of the molecule is C/C=C1/C[C@H]2C=Nc3cc(OCc4cc(CCCN(C)C(=O)CCC(C)(C)SSC)cc(COc5cc6c(cc5OC)C(=O)N5C/C(=C/C)C[C@H]5C=N6)n4)c(OC)cc3C(=O)N2C1. The number of pyridine rings is 1. The number of ether oxygens (including phenoxy) is 4. The summed E-state index contributed by atoms with van der Waals surface area (Å²) in [6.45, 7) is 10.3. The molecule has 4 aliphatic rings. The van der Waals surface area contributed by atoms with Gasteiger partial charge >= 0.3 is 0 Å². The molecule has 3 amide bonds. The van der Waals surface area contributed by atoms with Crippen LogP contribution in [0.2, 0.25) is 0 Å². The molecule has 0 unspecified atom stereocenters. The van der Waals surface area contributed by atoms with Gasteiger partial charge in [-0.2, -0.15) is 0 Å². The summed E-state index contributed by atoms with van der Waals surface area (Å²) >= 11 is 0. The maximum absolute atomic E-state index is 13.7. The highest BCUT2D eigenvalue weighted by Crippen LogP contribution is 2.41. The van der Waals surface area contributed by atoms with E-state index in [2.05, 4.69) is 32.3 Å². The van der Waals surface area contributed by atoms with Crippen molar-refractivity contribution in [3.05, 3.63) is 87.8 Å². The number of amides is 3. The summed E-state index contributed by atoms with van der Waals surface area (Å²) in [5.41, 5.74) is 6.73. The molecule has 2 aromatic carbocycles. The van der Waals surface area contributed by atoms with Crippen LogP contribution >= 0.6 is 21.6 Å². The molecule has 13 nitrogen and oxygen atoms in total. The number of benzene rings is 2. The largest absolute Gasteiger partial charge is 0.493 e. The van der Waals surface area contributed by atoms with Gasteiger partial charge in [-0.05, 0) is 95.9 Å². The fourth-order valence-corrected chi connectivity index (χ4v) is 10.6.